The lowest BCUT2D eigenvalue weighted by atomic mass is 10.1. The molecule has 21 heavy (non-hydrogen) atoms. The summed E-state index contributed by atoms with van der Waals surface area (Å²) in [5.41, 5.74) is 1.07. The first-order chi connectivity index (χ1) is 10.1. The van der Waals surface area contributed by atoms with Gasteiger partial charge < -0.3 is 5.11 Å². The average Bonchev–Trinajstić information content (AvgIpc) is 2.53. The van der Waals surface area contributed by atoms with E-state index in [1.165, 1.54) is 4.31 Å². The molecule has 4 nitrogen and oxygen atoms in total. The maximum absolute atomic E-state index is 12.6. The standard InChI is InChI=1S/C16H19NO3S/c18-14-13-17(12-11-15-7-3-1-4-8-15)21(19,20)16-9-5-2-6-10-16/h1-10,18H,11-14H2. The molecular formula is C16H19NO3S. The number of aliphatic hydroxyl groups excluding tert-OH is 1. The first kappa shape index (κ1) is 15.7. The maximum Gasteiger partial charge on any atom is 0.243 e. The quantitative estimate of drug-likeness (QED) is 0.850. The number of sulfonamides is 1. The van der Waals surface area contributed by atoms with Crippen molar-refractivity contribution < 1.29 is 13.5 Å². The Labute approximate surface area is 125 Å². The summed E-state index contributed by atoms with van der Waals surface area (Å²) >= 11 is 0. The van der Waals surface area contributed by atoms with Crippen molar-refractivity contribution in [1.29, 1.82) is 0 Å². The second-order valence-electron chi connectivity index (χ2n) is 4.68. The Kier molecular flexibility index (Phi) is 5.50. The van der Waals surface area contributed by atoms with Gasteiger partial charge in [-0.2, -0.15) is 4.31 Å². The van der Waals surface area contributed by atoms with Crippen LogP contribution in [0.15, 0.2) is 65.6 Å². The van der Waals surface area contributed by atoms with Crippen LogP contribution in [0.2, 0.25) is 0 Å². The molecule has 0 atom stereocenters. The molecule has 0 unspecified atom stereocenters. The highest BCUT2D eigenvalue weighted by molar-refractivity contribution is 7.89. The Morgan fingerprint density at radius 3 is 2.00 bits per heavy atom. The Bertz CT molecular complexity index is 642. The predicted molar refractivity (Wildman–Crippen MR) is 82.4 cm³/mol. The van der Waals surface area contributed by atoms with Crippen molar-refractivity contribution in [2.24, 2.45) is 0 Å². The average molecular weight is 305 g/mol. The Morgan fingerprint density at radius 1 is 0.857 bits per heavy atom. The van der Waals surface area contributed by atoms with Gasteiger partial charge in [-0.3, -0.25) is 0 Å². The monoisotopic (exact) mass is 305 g/mol. The maximum atomic E-state index is 12.6. The number of hydrogen-bond donors (Lipinski definition) is 1. The fraction of sp³-hybridized carbons (Fsp3) is 0.250. The van der Waals surface area contributed by atoms with Gasteiger partial charge in [0.25, 0.3) is 0 Å². The summed E-state index contributed by atoms with van der Waals surface area (Å²) in [6, 6.07) is 18.0. The van der Waals surface area contributed by atoms with Crippen LogP contribution in [0.25, 0.3) is 0 Å². The van der Waals surface area contributed by atoms with Crippen LogP contribution < -0.4 is 0 Å². The van der Waals surface area contributed by atoms with E-state index in [1.54, 1.807) is 30.3 Å². The van der Waals surface area contributed by atoms with Crippen LogP contribution in [0, 0.1) is 0 Å². The minimum absolute atomic E-state index is 0.101. The molecule has 0 spiro atoms. The van der Waals surface area contributed by atoms with Crippen LogP contribution in [0.1, 0.15) is 5.56 Å². The van der Waals surface area contributed by atoms with Gasteiger partial charge in [-0.25, -0.2) is 8.42 Å². The summed E-state index contributed by atoms with van der Waals surface area (Å²) < 4.78 is 26.4. The normalized spacial score (nSPS) is 11.7. The summed E-state index contributed by atoms with van der Waals surface area (Å²) in [4.78, 5) is 0.256. The van der Waals surface area contributed by atoms with Crippen molar-refractivity contribution in [3.63, 3.8) is 0 Å². The van der Waals surface area contributed by atoms with E-state index in [-0.39, 0.29) is 18.0 Å². The molecule has 0 aliphatic heterocycles. The van der Waals surface area contributed by atoms with Crippen molar-refractivity contribution in [2.45, 2.75) is 11.3 Å². The lowest BCUT2D eigenvalue weighted by Crippen LogP contribution is -2.35. The van der Waals surface area contributed by atoms with E-state index in [9.17, 15) is 8.42 Å². The lowest BCUT2D eigenvalue weighted by Gasteiger charge is -2.21. The summed E-state index contributed by atoms with van der Waals surface area (Å²) in [6.07, 6.45) is 0.618. The fourth-order valence-electron chi connectivity index (χ4n) is 2.10. The molecule has 0 saturated carbocycles. The molecule has 0 heterocycles. The fourth-order valence-corrected chi connectivity index (χ4v) is 3.56. The molecule has 0 radical (unpaired) electrons. The highest BCUT2D eigenvalue weighted by Crippen LogP contribution is 2.15. The third kappa shape index (κ3) is 4.14. The molecule has 0 bridgehead atoms. The molecule has 0 aliphatic rings. The van der Waals surface area contributed by atoms with Crippen LogP contribution in [0.3, 0.4) is 0 Å². The van der Waals surface area contributed by atoms with Crippen molar-refractivity contribution in [3.8, 4) is 0 Å². The van der Waals surface area contributed by atoms with Gasteiger partial charge in [-0.05, 0) is 24.1 Å². The van der Waals surface area contributed by atoms with Gasteiger partial charge in [0.2, 0.25) is 10.0 Å². The van der Waals surface area contributed by atoms with Crippen molar-refractivity contribution in [1.82, 2.24) is 4.31 Å². The van der Waals surface area contributed by atoms with Crippen LogP contribution in [0.4, 0.5) is 0 Å². The number of nitrogens with zero attached hydrogens (tertiary/aromatic N) is 1. The van der Waals surface area contributed by atoms with Gasteiger partial charge in [0.15, 0.2) is 0 Å². The third-order valence-electron chi connectivity index (χ3n) is 3.22. The first-order valence-corrected chi connectivity index (χ1v) is 8.28. The van der Waals surface area contributed by atoms with Gasteiger partial charge in [0.1, 0.15) is 0 Å². The number of benzene rings is 2. The Morgan fingerprint density at radius 2 is 1.43 bits per heavy atom. The third-order valence-corrected chi connectivity index (χ3v) is 5.14. The number of aliphatic hydroxyl groups is 1. The number of hydrogen-bond acceptors (Lipinski definition) is 3. The molecule has 0 saturated heterocycles. The van der Waals surface area contributed by atoms with Gasteiger partial charge in [-0.1, -0.05) is 48.5 Å². The minimum Gasteiger partial charge on any atom is -0.395 e. The molecule has 2 aromatic rings. The van der Waals surface area contributed by atoms with E-state index in [4.69, 9.17) is 5.11 Å². The Hall–Kier alpha value is -1.69. The smallest absolute Gasteiger partial charge is 0.243 e. The molecule has 2 rings (SSSR count). The van der Waals surface area contributed by atoms with Crippen LogP contribution >= 0.6 is 0 Å². The largest absolute Gasteiger partial charge is 0.395 e. The molecule has 5 heteroatoms. The SMILES string of the molecule is O=S(=O)(c1ccccc1)N(CCO)CCc1ccccc1. The topological polar surface area (TPSA) is 57.6 Å². The molecular weight excluding hydrogens is 286 g/mol. The van der Waals surface area contributed by atoms with Crippen LogP contribution in [-0.2, 0) is 16.4 Å². The van der Waals surface area contributed by atoms with E-state index in [2.05, 4.69) is 0 Å². The molecule has 112 valence electrons. The zero-order valence-corrected chi connectivity index (χ0v) is 12.5. The predicted octanol–water partition coefficient (Wildman–Crippen LogP) is 1.91. The summed E-state index contributed by atoms with van der Waals surface area (Å²) in [7, 11) is -3.56. The van der Waals surface area contributed by atoms with Crippen molar-refractivity contribution >= 4 is 10.0 Å². The van der Waals surface area contributed by atoms with Gasteiger partial charge >= 0.3 is 0 Å². The molecule has 2 aromatic carbocycles. The second-order valence-corrected chi connectivity index (χ2v) is 6.61. The van der Waals surface area contributed by atoms with Crippen molar-refractivity contribution in [3.05, 3.63) is 66.2 Å². The van der Waals surface area contributed by atoms with Crippen LogP contribution in [-0.4, -0.2) is 37.5 Å². The summed E-state index contributed by atoms with van der Waals surface area (Å²) in [6.45, 7) is 0.257. The minimum atomic E-state index is -3.56. The van der Waals surface area contributed by atoms with E-state index in [0.717, 1.165) is 5.56 Å². The molecule has 0 amide bonds. The van der Waals surface area contributed by atoms with E-state index in [0.29, 0.717) is 13.0 Å². The molecule has 1 N–H and O–H groups in total. The first-order valence-electron chi connectivity index (χ1n) is 6.84. The second kappa shape index (κ2) is 7.36. The number of rotatable bonds is 7. The molecule has 0 aromatic heterocycles. The van der Waals surface area contributed by atoms with Gasteiger partial charge in [0, 0.05) is 13.1 Å². The highest BCUT2D eigenvalue weighted by atomic mass is 32.2. The molecule has 0 fully saturated rings. The highest BCUT2D eigenvalue weighted by Gasteiger charge is 2.23. The zero-order chi connectivity index (χ0) is 15.1. The van der Waals surface area contributed by atoms with E-state index in [1.807, 2.05) is 30.3 Å². The summed E-state index contributed by atoms with van der Waals surface area (Å²) in [5.74, 6) is 0. The molecule has 0 aliphatic carbocycles. The van der Waals surface area contributed by atoms with E-state index >= 15 is 0 Å². The summed E-state index contributed by atoms with van der Waals surface area (Å²) in [5, 5.41) is 9.14. The van der Waals surface area contributed by atoms with E-state index < -0.39 is 10.0 Å². The van der Waals surface area contributed by atoms with Gasteiger partial charge in [0.05, 0.1) is 11.5 Å². The van der Waals surface area contributed by atoms with Gasteiger partial charge in [-0.15, -0.1) is 0 Å². The Balaban J connectivity index is 2.15. The lowest BCUT2D eigenvalue weighted by molar-refractivity contribution is 0.254. The van der Waals surface area contributed by atoms with Crippen LogP contribution in [0.5, 0.6) is 0 Å². The van der Waals surface area contributed by atoms with Crippen molar-refractivity contribution in [2.75, 3.05) is 19.7 Å². The zero-order valence-electron chi connectivity index (χ0n) is 11.7.